The summed E-state index contributed by atoms with van der Waals surface area (Å²) in [5.41, 5.74) is 1.12. The van der Waals surface area contributed by atoms with Crippen LogP contribution in [0, 0.1) is 34.9 Å². The van der Waals surface area contributed by atoms with Gasteiger partial charge in [-0.3, -0.25) is 24.1 Å². The fourth-order valence-electron chi connectivity index (χ4n) is 8.29. The molecule has 0 spiro atoms. The molecule has 0 aromatic heterocycles. The molecule has 2 aliphatic carbocycles. The average Bonchev–Trinajstić information content (AvgIpc) is 3.43. The van der Waals surface area contributed by atoms with Crippen molar-refractivity contribution in [2.24, 2.45) is 29.1 Å². The Morgan fingerprint density at radius 1 is 1.00 bits per heavy atom. The Kier molecular flexibility index (Phi) is 7.35. The van der Waals surface area contributed by atoms with Gasteiger partial charge in [-0.15, -0.1) is 0 Å². The SMILES string of the molecule is C=Cc1ccc(N2C(=O)C3CC=C4C(CC5C(=O)N(c6ccc(F)c(Cl)c6)C(=O)C5(C)C4c4cccc(OCC)c4O)C3C2=O)cc1. The topological polar surface area (TPSA) is 104 Å². The molecule has 6 unspecified atom stereocenters. The van der Waals surface area contributed by atoms with E-state index in [2.05, 4.69) is 6.58 Å². The normalized spacial score (nSPS) is 28.2. The van der Waals surface area contributed by atoms with Crippen LogP contribution in [0.5, 0.6) is 11.5 Å². The van der Waals surface area contributed by atoms with E-state index in [0.717, 1.165) is 22.1 Å². The van der Waals surface area contributed by atoms with Crippen LogP contribution in [0.3, 0.4) is 0 Å². The van der Waals surface area contributed by atoms with Crippen molar-refractivity contribution in [1.82, 2.24) is 0 Å². The highest BCUT2D eigenvalue weighted by atomic mass is 35.5. The summed E-state index contributed by atoms with van der Waals surface area (Å²) < 4.78 is 19.8. The number of anilines is 2. The predicted octanol–water partition coefficient (Wildman–Crippen LogP) is 6.66. The Hall–Kier alpha value is -4.76. The Bertz CT molecular complexity index is 1910. The predicted molar refractivity (Wildman–Crippen MR) is 174 cm³/mol. The number of ether oxygens (including phenoxy) is 1. The number of carbonyl (C=O) groups is 4. The van der Waals surface area contributed by atoms with E-state index in [1.54, 1.807) is 62.4 Å². The van der Waals surface area contributed by atoms with Crippen LogP contribution in [0.2, 0.25) is 5.02 Å². The van der Waals surface area contributed by atoms with E-state index in [9.17, 15) is 28.7 Å². The molecule has 10 heteroatoms. The molecule has 0 radical (unpaired) electrons. The molecule has 2 aliphatic heterocycles. The van der Waals surface area contributed by atoms with Gasteiger partial charge in [0.2, 0.25) is 23.6 Å². The number of halogens is 2. The first kappa shape index (κ1) is 30.9. The first-order valence-corrected chi connectivity index (χ1v) is 16.0. The Labute approximate surface area is 276 Å². The zero-order valence-corrected chi connectivity index (χ0v) is 26.5. The molecule has 4 amide bonds. The summed E-state index contributed by atoms with van der Waals surface area (Å²) >= 11 is 6.08. The van der Waals surface area contributed by atoms with Crippen molar-refractivity contribution in [3.8, 4) is 11.5 Å². The number of hydrogen-bond donors (Lipinski definition) is 1. The molecule has 240 valence electrons. The third kappa shape index (κ3) is 4.39. The zero-order valence-electron chi connectivity index (χ0n) is 25.8. The number of rotatable bonds is 6. The lowest BCUT2D eigenvalue weighted by molar-refractivity contribution is -0.131. The highest BCUT2D eigenvalue weighted by Gasteiger charge is 2.68. The fraction of sp³-hybridized carbons (Fsp3) is 0.297. The van der Waals surface area contributed by atoms with Crippen molar-refractivity contribution in [1.29, 1.82) is 0 Å². The number of phenols is 1. The number of phenolic OH excluding ortho intramolecular Hbond substituents is 1. The molecule has 2 heterocycles. The number of carbonyl (C=O) groups excluding carboxylic acids is 4. The summed E-state index contributed by atoms with van der Waals surface area (Å²) in [6.45, 7) is 7.54. The second-order valence-electron chi connectivity index (χ2n) is 12.7. The average molecular weight is 655 g/mol. The van der Waals surface area contributed by atoms with E-state index in [-0.39, 0.29) is 53.5 Å². The van der Waals surface area contributed by atoms with Crippen molar-refractivity contribution in [2.75, 3.05) is 16.4 Å². The van der Waals surface area contributed by atoms with E-state index in [1.165, 1.54) is 17.0 Å². The minimum Gasteiger partial charge on any atom is -0.504 e. The molecule has 3 fully saturated rings. The summed E-state index contributed by atoms with van der Waals surface area (Å²) in [6, 6.07) is 15.7. The summed E-state index contributed by atoms with van der Waals surface area (Å²) in [6.07, 6.45) is 3.97. The fourth-order valence-corrected chi connectivity index (χ4v) is 8.46. The van der Waals surface area contributed by atoms with Crippen LogP contribution in [0.15, 0.2) is 78.9 Å². The van der Waals surface area contributed by atoms with E-state index >= 15 is 0 Å². The molecule has 2 saturated heterocycles. The Morgan fingerprint density at radius 3 is 2.40 bits per heavy atom. The maximum Gasteiger partial charge on any atom is 0.241 e. The van der Waals surface area contributed by atoms with Crippen LogP contribution in [-0.4, -0.2) is 35.3 Å². The van der Waals surface area contributed by atoms with Crippen molar-refractivity contribution in [2.45, 2.75) is 32.6 Å². The van der Waals surface area contributed by atoms with Gasteiger partial charge in [-0.1, -0.05) is 60.2 Å². The number of benzene rings is 3. The van der Waals surface area contributed by atoms with Crippen LogP contribution in [0.4, 0.5) is 15.8 Å². The largest absolute Gasteiger partial charge is 0.504 e. The molecule has 7 rings (SSSR count). The van der Waals surface area contributed by atoms with Crippen molar-refractivity contribution in [3.63, 3.8) is 0 Å². The highest BCUT2D eigenvalue weighted by molar-refractivity contribution is 6.32. The van der Waals surface area contributed by atoms with Crippen LogP contribution in [0.25, 0.3) is 6.08 Å². The minimum atomic E-state index is -1.40. The molecule has 0 bridgehead atoms. The van der Waals surface area contributed by atoms with Crippen molar-refractivity contribution < 1.29 is 33.4 Å². The third-order valence-corrected chi connectivity index (χ3v) is 10.8. The molecule has 6 atom stereocenters. The van der Waals surface area contributed by atoms with Gasteiger partial charge >= 0.3 is 0 Å². The molecule has 4 aliphatic rings. The van der Waals surface area contributed by atoms with Crippen molar-refractivity contribution in [3.05, 3.63) is 101 Å². The minimum absolute atomic E-state index is 0.129. The van der Waals surface area contributed by atoms with E-state index < -0.39 is 52.6 Å². The maximum atomic E-state index is 14.6. The lowest BCUT2D eigenvalue weighted by Crippen LogP contribution is -2.48. The monoisotopic (exact) mass is 654 g/mol. The molecular formula is C37H32ClFN2O6. The Balaban J connectivity index is 1.37. The zero-order chi connectivity index (χ0) is 33.4. The summed E-state index contributed by atoms with van der Waals surface area (Å²) in [5, 5.41) is 11.3. The number of para-hydroxylation sites is 1. The number of hydrogen-bond acceptors (Lipinski definition) is 6. The van der Waals surface area contributed by atoms with Gasteiger partial charge in [0.25, 0.3) is 0 Å². The van der Waals surface area contributed by atoms with Gasteiger partial charge in [0.15, 0.2) is 11.5 Å². The quantitative estimate of drug-likeness (QED) is 0.235. The van der Waals surface area contributed by atoms with Gasteiger partial charge < -0.3 is 9.84 Å². The van der Waals surface area contributed by atoms with Crippen LogP contribution >= 0.6 is 11.6 Å². The summed E-state index contributed by atoms with van der Waals surface area (Å²) in [7, 11) is 0. The second-order valence-corrected chi connectivity index (χ2v) is 13.1. The Morgan fingerprint density at radius 2 is 1.72 bits per heavy atom. The van der Waals surface area contributed by atoms with E-state index in [0.29, 0.717) is 11.3 Å². The molecule has 8 nitrogen and oxygen atoms in total. The lowest BCUT2D eigenvalue weighted by Gasteiger charge is -2.49. The van der Waals surface area contributed by atoms with Gasteiger partial charge in [-0.25, -0.2) is 9.29 Å². The summed E-state index contributed by atoms with van der Waals surface area (Å²) in [4.78, 5) is 59.3. The maximum absolute atomic E-state index is 14.6. The van der Waals surface area contributed by atoms with Gasteiger partial charge in [0, 0.05) is 11.5 Å². The van der Waals surface area contributed by atoms with Crippen LogP contribution in [0.1, 0.15) is 43.7 Å². The standard InChI is InChI=1S/C37H32ClFN2O6/c1-4-19-9-11-20(12-10-19)40-33(43)23-15-14-22-25(30(23)35(40)45)18-26-34(44)41(21-13-16-28(39)27(38)17-21)36(46)37(26,3)31(22)24-7-6-8-29(32(24)42)47-5-2/h4,6-14,16-17,23,25-26,30-31,42H,1,5,15,18H2,2-3H3. The molecule has 1 N–H and O–H groups in total. The molecular weight excluding hydrogens is 623 g/mol. The van der Waals surface area contributed by atoms with Crippen molar-refractivity contribution >= 4 is 52.7 Å². The number of allylic oxidation sites excluding steroid dienone is 2. The third-order valence-electron chi connectivity index (χ3n) is 10.5. The first-order chi connectivity index (χ1) is 22.5. The summed E-state index contributed by atoms with van der Waals surface area (Å²) in [5.74, 6) is -6.12. The molecule has 1 saturated carbocycles. The van der Waals surface area contributed by atoms with E-state index in [1.807, 2.05) is 6.08 Å². The first-order valence-electron chi connectivity index (χ1n) is 15.6. The second kappa shape index (κ2) is 11.2. The smallest absolute Gasteiger partial charge is 0.241 e. The van der Waals surface area contributed by atoms with Gasteiger partial charge in [-0.05, 0) is 74.6 Å². The molecule has 47 heavy (non-hydrogen) atoms. The number of nitrogens with zero attached hydrogens (tertiary/aromatic N) is 2. The number of fused-ring (bicyclic) bond motifs is 4. The highest BCUT2D eigenvalue weighted by Crippen LogP contribution is 2.65. The molecule has 3 aromatic carbocycles. The van der Waals surface area contributed by atoms with Gasteiger partial charge in [0.1, 0.15) is 5.82 Å². The molecule has 3 aromatic rings. The lowest BCUT2D eigenvalue weighted by atomic mass is 9.51. The number of aromatic hydroxyl groups is 1. The van der Waals surface area contributed by atoms with Gasteiger partial charge in [-0.2, -0.15) is 0 Å². The van der Waals surface area contributed by atoms with E-state index in [4.69, 9.17) is 16.3 Å². The van der Waals surface area contributed by atoms with Crippen LogP contribution < -0.4 is 14.5 Å². The number of amides is 4. The van der Waals surface area contributed by atoms with Gasteiger partial charge in [0.05, 0.1) is 46.2 Å². The van der Waals surface area contributed by atoms with Crippen LogP contribution in [-0.2, 0) is 19.2 Å². The number of imide groups is 2.